The van der Waals surface area contributed by atoms with Gasteiger partial charge in [-0.05, 0) is 13.8 Å². The van der Waals surface area contributed by atoms with Gasteiger partial charge in [-0.3, -0.25) is 10.1 Å². The molecule has 1 atom stereocenters. The fraction of sp³-hybridized carbons (Fsp3) is 0.294. The number of carbonyl (C=O) groups is 1. The van der Waals surface area contributed by atoms with Crippen LogP contribution in [-0.2, 0) is 9.53 Å². The molecule has 0 spiro atoms. The Kier molecular flexibility index (Phi) is 5.32. The number of rotatable bonds is 5. The van der Waals surface area contributed by atoms with Crippen molar-refractivity contribution in [3.63, 3.8) is 0 Å². The van der Waals surface area contributed by atoms with Gasteiger partial charge in [-0.15, -0.1) is 0 Å². The topological polar surface area (TPSA) is 105 Å². The molecule has 1 aromatic carbocycles. The van der Waals surface area contributed by atoms with Crippen LogP contribution in [0.1, 0.15) is 31.7 Å². The first-order valence-electron chi connectivity index (χ1n) is 7.39. The normalized spacial score (nSPS) is 16.7. The highest BCUT2D eigenvalue weighted by molar-refractivity contribution is 5.92. The Hall–Kier alpha value is -3.14. The van der Waals surface area contributed by atoms with Crippen LogP contribution in [0, 0.1) is 21.4 Å². The summed E-state index contributed by atoms with van der Waals surface area (Å²) in [7, 11) is 0. The number of nitro benzene ring substituents is 1. The number of para-hydroxylation sites is 1. The minimum absolute atomic E-state index is 0.0155. The number of ether oxygens (including phenoxy) is 1. The second-order valence-corrected chi connectivity index (χ2v) is 5.35. The van der Waals surface area contributed by atoms with Crippen molar-refractivity contribution in [1.29, 1.82) is 5.26 Å². The molecule has 0 saturated carbocycles. The van der Waals surface area contributed by atoms with Gasteiger partial charge in [-0.1, -0.05) is 24.3 Å². The van der Waals surface area contributed by atoms with Crippen LogP contribution in [0.25, 0.3) is 0 Å². The highest BCUT2D eigenvalue weighted by Gasteiger charge is 2.32. The van der Waals surface area contributed by atoms with E-state index in [0.717, 1.165) is 5.70 Å². The number of carbonyl (C=O) groups excluding carboxylic acids is 1. The first kappa shape index (κ1) is 17.2. The molecule has 1 heterocycles. The number of dihydropyridines is 1. The third-order valence-corrected chi connectivity index (χ3v) is 3.65. The van der Waals surface area contributed by atoms with Crippen LogP contribution in [0.3, 0.4) is 0 Å². The summed E-state index contributed by atoms with van der Waals surface area (Å²) >= 11 is 0. The third kappa shape index (κ3) is 3.60. The SMILES string of the molecule is CC1=CC(c2ccccc2[N+](=O)[O-])C(C(=O)OCCC#N)=C(C)N1. The van der Waals surface area contributed by atoms with E-state index in [1.165, 1.54) is 6.07 Å². The molecule has 1 aromatic rings. The van der Waals surface area contributed by atoms with Crippen molar-refractivity contribution >= 4 is 11.7 Å². The largest absolute Gasteiger partial charge is 0.461 e. The minimum atomic E-state index is -0.581. The molecule has 0 fully saturated rings. The zero-order chi connectivity index (χ0) is 17.7. The van der Waals surface area contributed by atoms with Crippen LogP contribution in [-0.4, -0.2) is 17.5 Å². The number of nitrogens with one attached hydrogen (secondary N) is 1. The van der Waals surface area contributed by atoms with Crippen LogP contribution < -0.4 is 5.32 Å². The van der Waals surface area contributed by atoms with Gasteiger partial charge < -0.3 is 10.1 Å². The predicted molar refractivity (Wildman–Crippen MR) is 86.6 cm³/mol. The van der Waals surface area contributed by atoms with Crippen LogP contribution in [0.2, 0.25) is 0 Å². The maximum absolute atomic E-state index is 12.4. The lowest BCUT2D eigenvalue weighted by Gasteiger charge is -2.25. The molecule has 1 aliphatic rings. The highest BCUT2D eigenvalue weighted by Crippen LogP contribution is 2.37. The van der Waals surface area contributed by atoms with Gasteiger partial charge in [-0.2, -0.15) is 5.26 Å². The summed E-state index contributed by atoms with van der Waals surface area (Å²) in [4.78, 5) is 23.3. The number of nitriles is 1. The fourth-order valence-corrected chi connectivity index (χ4v) is 2.68. The lowest BCUT2D eigenvalue weighted by atomic mass is 9.86. The Morgan fingerprint density at radius 2 is 2.12 bits per heavy atom. The quantitative estimate of drug-likeness (QED) is 0.386. The number of hydrogen-bond donors (Lipinski definition) is 1. The lowest BCUT2D eigenvalue weighted by molar-refractivity contribution is -0.385. The molecule has 0 radical (unpaired) electrons. The number of nitrogens with zero attached hydrogens (tertiary/aromatic N) is 2. The smallest absolute Gasteiger partial charge is 0.336 e. The van der Waals surface area contributed by atoms with E-state index in [1.54, 1.807) is 31.2 Å². The van der Waals surface area contributed by atoms with Crippen molar-refractivity contribution in [2.75, 3.05) is 6.61 Å². The van der Waals surface area contributed by atoms with Gasteiger partial charge >= 0.3 is 5.97 Å². The molecule has 0 amide bonds. The number of allylic oxidation sites excluding steroid dienone is 3. The van der Waals surface area contributed by atoms with Gasteiger partial charge in [0.15, 0.2) is 0 Å². The summed E-state index contributed by atoms with van der Waals surface area (Å²) in [5.41, 5.74) is 2.07. The van der Waals surface area contributed by atoms with E-state index in [-0.39, 0.29) is 18.7 Å². The number of benzene rings is 1. The van der Waals surface area contributed by atoms with Gasteiger partial charge in [0.1, 0.15) is 6.61 Å². The molecule has 0 aliphatic carbocycles. The van der Waals surface area contributed by atoms with Crippen LogP contribution in [0.15, 0.2) is 47.3 Å². The Morgan fingerprint density at radius 1 is 1.42 bits per heavy atom. The molecular weight excluding hydrogens is 310 g/mol. The van der Waals surface area contributed by atoms with E-state index >= 15 is 0 Å². The Morgan fingerprint density at radius 3 is 2.79 bits per heavy atom. The van der Waals surface area contributed by atoms with Crippen molar-refractivity contribution in [3.8, 4) is 6.07 Å². The van der Waals surface area contributed by atoms with Crippen molar-refractivity contribution in [3.05, 3.63) is 63.0 Å². The monoisotopic (exact) mass is 327 g/mol. The number of nitro groups is 1. The standard InChI is InChI=1S/C17H17N3O4/c1-11-10-14(13-6-3-4-7-15(13)20(22)23)16(12(2)19-11)17(21)24-9-5-8-18/h3-4,6-7,10,14,19H,5,9H2,1-2H3. The van der Waals surface area contributed by atoms with Gasteiger partial charge in [0.05, 0.1) is 23.0 Å². The Balaban J connectivity index is 2.45. The number of hydrogen-bond acceptors (Lipinski definition) is 6. The summed E-state index contributed by atoms with van der Waals surface area (Å²) in [5, 5.41) is 22.9. The van der Waals surface area contributed by atoms with Gasteiger partial charge in [-0.25, -0.2) is 4.79 Å². The first-order valence-corrected chi connectivity index (χ1v) is 7.39. The summed E-state index contributed by atoms with van der Waals surface area (Å²) in [6.07, 6.45) is 1.85. The second-order valence-electron chi connectivity index (χ2n) is 5.35. The van der Waals surface area contributed by atoms with E-state index in [1.807, 2.05) is 13.0 Å². The van der Waals surface area contributed by atoms with Gasteiger partial charge in [0.25, 0.3) is 5.69 Å². The lowest BCUT2D eigenvalue weighted by Crippen LogP contribution is -2.26. The maximum atomic E-state index is 12.4. The fourth-order valence-electron chi connectivity index (χ4n) is 2.68. The molecule has 0 aromatic heterocycles. The Labute approximate surface area is 139 Å². The highest BCUT2D eigenvalue weighted by atomic mass is 16.6. The van der Waals surface area contributed by atoms with E-state index in [9.17, 15) is 14.9 Å². The molecule has 0 bridgehead atoms. The summed E-state index contributed by atoms with van der Waals surface area (Å²) in [6.45, 7) is 3.53. The zero-order valence-corrected chi connectivity index (χ0v) is 13.4. The first-order chi connectivity index (χ1) is 11.5. The zero-order valence-electron chi connectivity index (χ0n) is 13.4. The molecule has 0 saturated heterocycles. The predicted octanol–water partition coefficient (Wildman–Crippen LogP) is 2.92. The van der Waals surface area contributed by atoms with Crippen molar-refractivity contribution < 1.29 is 14.5 Å². The average molecular weight is 327 g/mol. The van der Waals surface area contributed by atoms with E-state index in [0.29, 0.717) is 16.8 Å². The second kappa shape index (κ2) is 7.42. The molecule has 1 aliphatic heterocycles. The molecule has 124 valence electrons. The molecule has 1 N–H and O–H groups in total. The molecule has 7 nitrogen and oxygen atoms in total. The van der Waals surface area contributed by atoms with Crippen molar-refractivity contribution in [2.24, 2.45) is 0 Å². The van der Waals surface area contributed by atoms with Crippen LogP contribution in [0.5, 0.6) is 0 Å². The van der Waals surface area contributed by atoms with Crippen molar-refractivity contribution in [1.82, 2.24) is 5.32 Å². The Bertz CT molecular complexity index is 774. The summed E-state index contributed by atoms with van der Waals surface area (Å²) in [6, 6.07) is 8.22. The van der Waals surface area contributed by atoms with Crippen LogP contribution >= 0.6 is 0 Å². The maximum Gasteiger partial charge on any atom is 0.336 e. The van der Waals surface area contributed by atoms with E-state index in [2.05, 4.69) is 5.32 Å². The van der Waals surface area contributed by atoms with Crippen LogP contribution in [0.4, 0.5) is 5.69 Å². The average Bonchev–Trinajstić information content (AvgIpc) is 2.54. The molecule has 24 heavy (non-hydrogen) atoms. The van der Waals surface area contributed by atoms with Crippen molar-refractivity contribution in [2.45, 2.75) is 26.2 Å². The third-order valence-electron chi connectivity index (χ3n) is 3.65. The molecule has 2 rings (SSSR count). The van der Waals surface area contributed by atoms with Gasteiger partial charge in [0.2, 0.25) is 0 Å². The summed E-state index contributed by atoms with van der Waals surface area (Å²) < 4.78 is 5.12. The summed E-state index contributed by atoms with van der Waals surface area (Å²) in [5.74, 6) is -1.16. The number of esters is 1. The van der Waals surface area contributed by atoms with E-state index < -0.39 is 16.8 Å². The van der Waals surface area contributed by atoms with E-state index in [4.69, 9.17) is 10.00 Å². The van der Waals surface area contributed by atoms with Gasteiger partial charge in [0, 0.05) is 28.9 Å². The minimum Gasteiger partial charge on any atom is -0.461 e. The molecule has 7 heteroatoms. The molecular formula is C17H17N3O4. The molecule has 1 unspecified atom stereocenters.